The van der Waals surface area contributed by atoms with Crippen LogP contribution in [0.25, 0.3) is 10.3 Å². The number of carbonyl (C=O) groups is 1. The number of hydrogen-bond acceptors (Lipinski definition) is 5. The molecule has 0 saturated carbocycles. The first-order valence-electron chi connectivity index (χ1n) is 6.26. The van der Waals surface area contributed by atoms with Crippen molar-refractivity contribution in [2.75, 3.05) is 10.6 Å². The maximum atomic E-state index is 12.0. The van der Waals surface area contributed by atoms with Crippen molar-refractivity contribution in [1.82, 2.24) is 9.97 Å². The van der Waals surface area contributed by atoms with E-state index in [1.807, 2.05) is 6.07 Å². The van der Waals surface area contributed by atoms with Gasteiger partial charge < -0.3 is 5.32 Å². The van der Waals surface area contributed by atoms with Gasteiger partial charge in [-0.1, -0.05) is 34.5 Å². The van der Waals surface area contributed by atoms with E-state index in [4.69, 9.17) is 28.5 Å². The molecule has 3 rings (SSSR count). The molecule has 0 atom stereocenters. The summed E-state index contributed by atoms with van der Waals surface area (Å²) in [6.07, 6.45) is 0. The summed E-state index contributed by atoms with van der Waals surface area (Å²) < 4.78 is 0. The number of aromatic nitrogens is 2. The summed E-state index contributed by atoms with van der Waals surface area (Å²) in [5.41, 5.74) is 1.38. The first-order chi connectivity index (χ1) is 11.0. The Labute approximate surface area is 144 Å². The van der Waals surface area contributed by atoms with Crippen LogP contribution in [0.3, 0.4) is 0 Å². The summed E-state index contributed by atoms with van der Waals surface area (Å²) in [5.74, 6) is 0. The van der Waals surface area contributed by atoms with E-state index in [0.717, 1.165) is 0 Å². The van der Waals surface area contributed by atoms with Crippen LogP contribution in [0, 0.1) is 11.3 Å². The molecule has 23 heavy (non-hydrogen) atoms. The number of urea groups is 1. The van der Waals surface area contributed by atoms with Crippen LogP contribution in [0.4, 0.5) is 15.6 Å². The average Bonchev–Trinajstić information content (AvgIpc) is 2.90. The molecule has 0 radical (unpaired) electrons. The van der Waals surface area contributed by atoms with Gasteiger partial charge in [-0.05, 0) is 30.3 Å². The Morgan fingerprint density at radius 2 is 2.00 bits per heavy atom. The number of nitriles is 1. The topological polar surface area (TPSA) is 90.7 Å². The predicted octanol–water partition coefficient (Wildman–Crippen LogP) is 4.51. The first-order valence-corrected chi connectivity index (χ1v) is 7.83. The van der Waals surface area contributed by atoms with E-state index in [1.165, 1.54) is 17.4 Å². The van der Waals surface area contributed by atoms with E-state index >= 15 is 0 Å². The van der Waals surface area contributed by atoms with Gasteiger partial charge in [0.15, 0.2) is 5.13 Å². The van der Waals surface area contributed by atoms with E-state index in [0.29, 0.717) is 31.3 Å². The largest absolute Gasteiger partial charge is 0.325 e. The van der Waals surface area contributed by atoms with Crippen molar-refractivity contribution >= 4 is 61.7 Å². The second-order valence-electron chi connectivity index (χ2n) is 4.36. The highest BCUT2D eigenvalue weighted by molar-refractivity contribution is 7.22. The van der Waals surface area contributed by atoms with Crippen LogP contribution in [-0.4, -0.2) is 16.0 Å². The Morgan fingerprint density at radius 3 is 2.78 bits per heavy atom. The number of amides is 2. The fraction of sp³-hybridized carbons (Fsp3) is 0. The molecule has 6 nitrogen and oxygen atoms in total. The van der Waals surface area contributed by atoms with Crippen LogP contribution in [0.2, 0.25) is 10.2 Å². The highest BCUT2D eigenvalue weighted by Gasteiger charge is 2.10. The van der Waals surface area contributed by atoms with Gasteiger partial charge in [0.05, 0.1) is 10.6 Å². The van der Waals surface area contributed by atoms with Crippen LogP contribution in [0.5, 0.6) is 0 Å². The Hall–Kier alpha value is -2.40. The number of nitrogens with one attached hydrogen (secondary N) is 2. The normalized spacial score (nSPS) is 10.3. The van der Waals surface area contributed by atoms with Gasteiger partial charge in [-0.15, -0.1) is 0 Å². The predicted molar refractivity (Wildman–Crippen MR) is 91.2 cm³/mol. The minimum Gasteiger partial charge on any atom is -0.308 e. The minimum absolute atomic E-state index is 0.281. The van der Waals surface area contributed by atoms with Gasteiger partial charge in [-0.3, -0.25) is 5.32 Å². The van der Waals surface area contributed by atoms with E-state index in [-0.39, 0.29) is 5.56 Å². The molecule has 0 bridgehead atoms. The number of thiazole rings is 1. The molecule has 0 unspecified atom stereocenters. The fourth-order valence-corrected chi connectivity index (χ4v) is 2.99. The molecular weight excluding hydrogens is 357 g/mol. The molecule has 3 aromatic rings. The Bertz CT molecular complexity index is 950. The minimum atomic E-state index is -0.485. The van der Waals surface area contributed by atoms with E-state index < -0.39 is 6.03 Å². The van der Waals surface area contributed by atoms with Gasteiger partial charge in [0, 0.05) is 5.69 Å². The number of nitrogens with zero attached hydrogens (tertiary/aromatic N) is 3. The summed E-state index contributed by atoms with van der Waals surface area (Å²) in [5, 5.41) is 15.2. The van der Waals surface area contributed by atoms with Gasteiger partial charge in [0.25, 0.3) is 0 Å². The second kappa shape index (κ2) is 6.38. The van der Waals surface area contributed by atoms with Gasteiger partial charge in [-0.2, -0.15) is 5.26 Å². The van der Waals surface area contributed by atoms with Gasteiger partial charge in [0.1, 0.15) is 21.6 Å². The average molecular weight is 364 g/mol. The van der Waals surface area contributed by atoms with Crippen LogP contribution in [0.1, 0.15) is 5.56 Å². The summed E-state index contributed by atoms with van der Waals surface area (Å²) >= 11 is 12.9. The van der Waals surface area contributed by atoms with Crippen molar-refractivity contribution in [3.8, 4) is 6.07 Å². The van der Waals surface area contributed by atoms with Gasteiger partial charge >= 0.3 is 6.03 Å². The molecule has 114 valence electrons. The third-order valence-electron chi connectivity index (χ3n) is 2.79. The number of halogens is 2. The molecule has 2 N–H and O–H groups in total. The lowest BCUT2D eigenvalue weighted by Crippen LogP contribution is -2.19. The maximum Gasteiger partial charge on any atom is 0.325 e. The van der Waals surface area contributed by atoms with Crippen molar-refractivity contribution in [3.05, 3.63) is 46.1 Å². The molecule has 1 aromatic carbocycles. The monoisotopic (exact) mass is 363 g/mol. The summed E-state index contributed by atoms with van der Waals surface area (Å²) in [4.78, 5) is 21.0. The number of benzene rings is 1. The zero-order chi connectivity index (χ0) is 16.4. The molecule has 0 fully saturated rings. The van der Waals surface area contributed by atoms with Gasteiger partial charge in [-0.25, -0.2) is 14.8 Å². The molecule has 2 amide bonds. The molecule has 0 spiro atoms. The molecule has 0 saturated heterocycles. The van der Waals surface area contributed by atoms with Crippen molar-refractivity contribution in [3.63, 3.8) is 0 Å². The van der Waals surface area contributed by atoms with Crippen molar-refractivity contribution in [2.24, 2.45) is 0 Å². The number of hydrogen-bond donors (Lipinski definition) is 2. The van der Waals surface area contributed by atoms with Crippen molar-refractivity contribution < 1.29 is 4.79 Å². The first kappa shape index (κ1) is 15.5. The zero-order valence-electron chi connectivity index (χ0n) is 11.3. The number of pyridine rings is 1. The second-order valence-corrected chi connectivity index (χ2v) is 6.13. The maximum absolute atomic E-state index is 12.0. The third kappa shape index (κ3) is 3.51. The summed E-state index contributed by atoms with van der Waals surface area (Å²) in [6, 6.07) is 9.44. The fourth-order valence-electron chi connectivity index (χ4n) is 1.80. The van der Waals surface area contributed by atoms with Crippen LogP contribution in [-0.2, 0) is 0 Å². The Kier molecular flexibility index (Phi) is 4.30. The van der Waals surface area contributed by atoms with Crippen molar-refractivity contribution in [1.29, 1.82) is 5.26 Å². The number of fused-ring (bicyclic) bond motifs is 1. The lowest BCUT2D eigenvalue weighted by molar-refractivity contribution is 0.262. The van der Waals surface area contributed by atoms with Crippen LogP contribution >= 0.6 is 34.5 Å². The molecule has 2 heterocycles. The van der Waals surface area contributed by atoms with E-state index in [1.54, 1.807) is 24.3 Å². The standard InChI is InChI=1S/C14H7Cl2N5OS/c15-9-2-1-8(5-7(9)6-17)18-13(22)21-14-19-10-3-4-11(16)20-12(10)23-14/h1-5H,(H2,18,19,21,22). The van der Waals surface area contributed by atoms with Crippen LogP contribution < -0.4 is 10.6 Å². The van der Waals surface area contributed by atoms with Gasteiger partial charge in [0.2, 0.25) is 0 Å². The summed E-state index contributed by atoms with van der Waals surface area (Å²) in [6.45, 7) is 0. The lowest BCUT2D eigenvalue weighted by Gasteiger charge is -2.06. The highest BCUT2D eigenvalue weighted by Crippen LogP contribution is 2.26. The smallest absolute Gasteiger partial charge is 0.308 e. The molecule has 9 heteroatoms. The molecule has 2 aromatic heterocycles. The third-order valence-corrected chi connectivity index (χ3v) is 4.21. The molecule has 0 aliphatic rings. The van der Waals surface area contributed by atoms with Crippen LogP contribution in [0.15, 0.2) is 30.3 Å². The Balaban J connectivity index is 1.74. The molecule has 0 aliphatic heterocycles. The number of carbonyl (C=O) groups excluding carboxylic acids is 1. The Morgan fingerprint density at radius 1 is 1.17 bits per heavy atom. The SMILES string of the molecule is N#Cc1cc(NC(=O)Nc2nc3ccc(Cl)nc3s2)ccc1Cl. The lowest BCUT2D eigenvalue weighted by atomic mass is 10.2. The molecular formula is C14H7Cl2N5OS. The quantitative estimate of drug-likeness (QED) is 0.655. The molecule has 0 aliphatic carbocycles. The van der Waals surface area contributed by atoms with Crippen molar-refractivity contribution in [2.45, 2.75) is 0 Å². The summed E-state index contributed by atoms with van der Waals surface area (Å²) in [7, 11) is 0. The highest BCUT2D eigenvalue weighted by atomic mass is 35.5. The van der Waals surface area contributed by atoms with E-state index in [9.17, 15) is 4.79 Å². The number of rotatable bonds is 2. The zero-order valence-corrected chi connectivity index (χ0v) is 13.6. The van der Waals surface area contributed by atoms with E-state index in [2.05, 4.69) is 20.6 Å². The number of anilines is 2.